The predicted octanol–water partition coefficient (Wildman–Crippen LogP) is 1.59. The fourth-order valence-electron chi connectivity index (χ4n) is 1.42. The number of sulfonamides is 1. The van der Waals surface area contributed by atoms with Gasteiger partial charge >= 0.3 is 0 Å². The Hall–Kier alpha value is -0.700. The van der Waals surface area contributed by atoms with Crippen LogP contribution in [0.25, 0.3) is 0 Å². The maximum Gasteiger partial charge on any atom is 0.244 e. The molecule has 108 valence electrons. The second-order valence-corrected chi connectivity index (χ2v) is 6.35. The van der Waals surface area contributed by atoms with Gasteiger partial charge in [0.05, 0.1) is 0 Å². The topological polar surface area (TPSA) is 80.3 Å². The summed E-state index contributed by atoms with van der Waals surface area (Å²) in [5, 5.41) is 2.76. The standard InChI is InChI=1S/C11H18BrN3O3S/c1-3-18-6-4-5-15-19(16,17)10-7-9(12)8-14-11(10)13-2/h7-8,15H,3-6H2,1-2H3,(H,13,14). The highest BCUT2D eigenvalue weighted by Gasteiger charge is 2.19. The molecule has 0 amide bonds. The first-order valence-corrected chi connectivity index (χ1v) is 8.19. The number of nitrogens with zero attached hydrogens (tertiary/aromatic N) is 1. The van der Waals surface area contributed by atoms with E-state index in [0.29, 0.717) is 36.5 Å². The lowest BCUT2D eigenvalue weighted by Gasteiger charge is -2.10. The summed E-state index contributed by atoms with van der Waals surface area (Å²) in [4.78, 5) is 4.14. The largest absolute Gasteiger partial charge is 0.382 e. The molecule has 0 aliphatic rings. The molecule has 0 unspecified atom stereocenters. The maximum atomic E-state index is 12.1. The Morgan fingerprint density at radius 3 is 2.84 bits per heavy atom. The second-order valence-electron chi connectivity index (χ2n) is 3.70. The van der Waals surface area contributed by atoms with Crippen LogP contribution in [0, 0.1) is 0 Å². The number of hydrogen-bond donors (Lipinski definition) is 2. The smallest absolute Gasteiger partial charge is 0.244 e. The molecule has 0 bridgehead atoms. The third-order valence-electron chi connectivity index (χ3n) is 2.31. The van der Waals surface area contributed by atoms with Crippen LogP contribution in [0.4, 0.5) is 5.82 Å². The van der Waals surface area contributed by atoms with E-state index in [0.717, 1.165) is 0 Å². The number of halogens is 1. The van der Waals surface area contributed by atoms with E-state index in [9.17, 15) is 8.42 Å². The normalized spacial score (nSPS) is 11.5. The van der Waals surface area contributed by atoms with Crippen molar-refractivity contribution < 1.29 is 13.2 Å². The van der Waals surface area contributed by atoms with E-state index < -0.39 is 10.0 Å². The van der Waals surface area contributed by atoms with Crippen LogP contribution in [0.15, 0.2) is 21.6 Å². The molecule has 0 radical (unpaired) electrons. The van der Waals surface area contributed by atoms with Crippen molar-refractivity contribution in [2.24, 2.45) is 0 Å². The lowest BCUT2D eigenvalue weighted by Crippen LogP contribution is -2.26. The predicted molar refractivity (Wildman–Crippen MR) is 77.8 cm³/mol. The number of pyridine rings is 1. The Kier molecular flexibility index (Phi) is 6.70. The van der Waals surface area contributed by atoms with E-state index in [4.69, 9.17) is 4.74 Å². The molecule has 0 aromatic carbocycles. The van der Waals surface area contributed by atoms with Crippen molar-refractivity contribution in [3.63, 3.8) is 0 Å². The van der Waals surface area contributed by atoms with Gasteiger partial charge in [0.15, 0.2) is 0 Å². The summed E-state index contributed by atoms with van der Waals surface area (Å²) >= 11 is 3.22. The van der Waals surface area contributed by atoms with Gasteiger partial charge in [-0.1, -0.05) is 0 Å². The minimum atomic E-state index is -3.57. The molecule has 1 rings (SSSR count). The number of ether oxygens (including phenoxy) is 1. The highest BCUT2D eigenvalue weighted by molar-refractivity contribution is 9.10. The van der Waals surface area contributed by atoms with Crippen molar-refractivity contribution in [3.8, 4) is 0 Å². The zero-order valence-electron chi connectivity index (χ0n) is 10.9. The lowest BCUT2D eigenvalue weighted by atomic mass is 10.4. The maximum absolute atomic E-state index is 12.1. The van der Waals surface area contributed by atoms with E-state index >= 15 is 0 Å². The lowest BCUT2D eigenvalue weighted by molar-refractivity contribution is 0.146. The van der Waals surface area contributed by atoms with Crippen molar-refractivity contribution in [2.75, 3.05) is 32.1 Å². The second kappa shape index (κ2) is 7.78. The Bertz CT molecular complexity index is 508. The van der Waals surface area contributed by atoms with Crippen molar-refractivity contribution >= 4 is 31.8 Å². The Balaban J connectivity index is 2.74. The van der Waals surface area contributed by atoms with Gasteiger partial charge in [-0.2, -0.15) is 0 Å². The van der Waals surface area contributed by atoms with Crippen LogP contribution >= 0.6 is 15.9 Å². The summed E-state index contributed by atoms with van der Waals surface area (Å²) < 4.78 is 32.6. The zero-order valence-corrected chi connectivity index (χ0v) is 13.3. The molecule has 0 fully saturated rings. The molecule has 0 saturated carbocycles. The van der Waals surface area contributed by atoms with Crippen LogP contribution in [0.3, 0.4) is 0 Å². The number of rotatable bonds is 8. The molecule has 0 saturated heterocycles. The average molecular weight is 352 g/mol. The molecule has 0 spiro atoms. The minimum absolute atomic E-state index is 0.126. The first-order chi connectivity index (χ1) is 9.01. The third kappa shape index (κ3) is 5.06. The highest BCUT2D eigenvalue weighted by atomic mass is 79.9. The van der Waals surface area contributed by atoms with E-state index in [-0.39, 0.29) is 4.90 Å². The summed E-state index contributed by atoms with van der Waals surface area (Å²) in [6, 6.07) is 1.52. The van der Waals surface area contributed by atoms with Crippen LogP contribution in [0.5, 0.6) is 0 Å². The Morgan fingerprint density at radius 2 is 2.21 bits per heavy atom. The van der Waals surface area contributed by atoms with E-state index in [2.05, 4.69) is 31.0 Å². The van der Waals surface area contributed by atoms with Gasteiger partial charge in [0, 0.05) is 37.5 Å². The van der Waals surface area contributed by atoms with Crippen LogP contribution in [-0.4, -0.2) is 40.2 Å². The molecule has 8 heteroatoms. The molecular formula is C11H18BrN3O3S. The first-order valence-electron chi connectivity index (χ1n) is 5.92. The van der Waals surface area contributed by atoms with Gasteiger partial charge in [0.2, 0.25) is 10.0 Å². The summed E-state index contributed by atoms with van der Waals surface area (Å²) in [5.74, 6) is 0.320. The van der Waals surface area contributed by atoms with Gasteiger partial charge < -0.3 is 10.1 Å². The highest BCUT2D eigenvalue weighted by Crippen LogP contribution is 2.22. The number of anilines is 1. The molecule has 6 nitrogen and oxygen atoms in total. The van der Waals surface area contributed by atoms with Gasteiger partial charge in [-0.25, -0.2) is 18.1 Å². The van der Waals surface area contributed by atoms with Gasteiger partial charge in [-0.05, 0) is 35.3 Å². The first kappa shape index (κ1) is 16.4. The molecule has 1 heterocycles. The quantitative estimate of drug-likeness (QED) is 0.695. The molecule has 0 aliphatic heterocycles. The van der Waals surface area contributed by atoms with Gasteiger partial charge in [0.1, 0.15) is 10.7 Å². The van der Waals surface area contributed by atoms with Crippen LogP contribution < -0.4 is 10.0 Å². The summed E-state index contributed by atoms with van der Waals surface area (Å²) in [6.45, 7) is 3.40. The number of aromatic nitrogens is 1. The van der Waals surface area contributed by atoms with Crippen LogP contribution in [-0.2, 0) is 14.8 Å². The average Bonchev–Trinajstić information content (AvgIpc) is 2.38. The Morgan fingerprint density at radius 1 is 1.47 bits per heavy atom. The SMILES string of the molecule is CCOCCCNS(=O)(=O)c1cc(Br)cnc1NC. The minimum Gasteiger partial charge on any atom is -0.382 e. The van der Waals surface area contributed by atoms with E-state index in [1.54, 1.807) is 13.2 Å². The van der Waals surface area contributed by atoms with Gasteiger partial charge in [-0.15, -0.1) is 0 Å². The molecule has 19 heavy (non-hydrogen) atoms. The van der Waals surface area contributed by atoms with E-state index in [1.807, 2.05) is 6.92 Å². The fraction of sp³-hybridized carbons (Fsp3) is 0.545. The number of nitrogens with one attached hydrogen (secondary N) is 2. The van der Waals surface area contributed by atoms with Crippen molar-refractivity contribution in [3.05, 3.63) is 16.7 Å². The number of hydrogen-bond acceptors (Lipinski definition) is 5. The van der Waals surface area contributed by atoms with Crippen LogP contribution in [0.1, 0.15) is 13.3 Å². The van der Waals surface area contributed by atoms with Crippen LogP contribution in [0.2, 0.25) is 0 Å². The van der Waals surface area contributed by atoms with Crippen molar-refractivity contribution in [1.82, 2.24) is 9.71 Å². The molecule has 2 N–H and O–H groups in total. The monoisotopic (exact) mass is 351 g/mol. The van der Waals surface area contributed by atoms with Gasteiger partial charge in [0.25, 0.3) is 0 Å². The van der Waals surface area contributed by atoms with Crippen molar-refractivity contribution in [1.29, 1.82) is 0 Å². The summed E-state index contributed by atoms with van der Waals surface area (Å²) in [6.07, 6.45) is 2.17. The Labute approximate surface area is 122 Å². The van der Waals surface area contributed by atoms with E-state index in [1.165, 1.54) is 6.07 Å². The summed E-state index contributed by atoms with van der Waals surface area (Å²) in [5.41, 5.74) is 0. The molecular weight excluding hydrogens is 334 g/mol. The molecule has 0 atom stereocenters. The molecule has 1 aromatic heterocycles. The summed E-state index contributed by atoms with van der Waals surface area (Å²) in [7, 11) is -1.94. The fourth-order valence-corrected chi connectivity index (χ4v) is 3.16. The van der Waals surface area contributed by atoms with Crippen molar-refractivity contribution in [2.45, 2.75) is 18.2 Å². The zero-order chi connectivity index (χ0) is 14.3. The van der Waals surface area contributed by atoms with Gasteiger partial charge in [-0.3, -0.25) is 0 Å². The third-order valence-corrected chi connectivity index (χ3v) is 4.22. The molecule has 1 aromatic rings. The molecule has 0 aliphatic carbocycles.